The molecule has 4 rings (SSSR count). The Labute approximate surface area is 200 Å². The van der Waals surface area contributed by atoms with Crippen LogP contribution >= 0.6 is 0 Å². The van der Waals surface area contributed by atoms with Gasteiger partial charge in [0.05, 0.1) is 11.8 Å². The SMILES string of the molecule is CC(C)(C)OC(=O)N1C[C@@H]2CC[C@H]1C2C(=O)O.CC(C)(C)OC(=O)N1C[C@H]2CC[C@@H]1C2C(=O)O. The van der Waals surface area contributed by atoms with Crippen molar-refractivity contribution in [2.45, 2.75) is 90.5 Å². The average molecular weight is 483 g/mol. The van der Waals surface area contributed by atoms with Crippen molar-refractivity contribution in [1.82, 2.24) is 9.80 Å². The maximum Gasteiger partial charge on any atom is 0.410 e. The fraction of sp³-hybridized carbons (Fsp3) is 0.833. The second-order valence-corrected chi connectivity index (χ2v) is 11.8. The van der Waals surface area contributed by atoms with E-state index in [2.05, 4.69) is 0 Å². The molecule has 0 aromatic heterocycles. The Balaban J connectivity index is 0.000000191. The summed E-state index contributed by atoms with van der Waals surface area (Å²) in [6.07, 6.45) is 2.61. The Morgan fingerprint density at radius 2 is 0.971 bits per heavy atom. The highest BCUT2D eigenvalue weighted by Gasteiger charge is 2.54. The molecule has 0 spiro atoms. The van der Waals surface area contributed by atoms with Gasteiger partial charge in [-0.05, 0) is 79.1 Å². The Morgan fingerprint density at radius 3 is 1.21 bits per heavy atom. The second-order valence-electron chi connectivity index (χ2n) is 11.8. The lowest BCUT2D eigenvalue weighted by Crippen LogP contribution is -2.42. The molecule has 2 aliphatic carbocycles. The van der Waals surface area contributed by atoms with Crippen molar-refractivity contribution in [2.24, 2.45) is 23.7 Å². The minimum atomic E-state index is -0.788. The average Bonchev–Trinajstić information content (AvgIpc) is 3.43. The standard InChI is InChI=1S/2C12H19NO4/c2*1-12(2,3)17-11(16)13-6-7-4-5-8(13)9(7)10(14)15/h2*7-9H,4-6H2,1-3H3,(H,14,15)/t2*7-,8-,9?/m10/s1. The first kappa shape index (κ1) is 26.1. The molecule has 34 heavy (non-hydrogen) atoms. The Bertz CT molecular complexity index is 762. The number of amides is 2. The molecule has 2 saturated carbocycles. The van der Waals surface area contributed by atoms with E-state index < -0.39 is 35.0 Å². The van der Waals surface area contributed by atoms with Gasteiger partial charge in [0.15, 0.2) is 0 Å². The minimum Gasteiger partial charge on any atom is -0.481 e. The van der Waals surface area contributed by atoms with Crippen LogP contribution in [0.15, 0.2) is 0 Å². The lowest BCUT2D eigenvalue weighted by Gasteiger charge is -2.30. The van der Waals surface area contributed by atoms with Crippen molar-refractivity contribution in [2.75, 3.05) is 13.1 Å². The molecule has 2 unspecified atom stereocenters. The summed E-state index contributed by atoms with van der Waals surface area (Å²) in [4.78, 5) is 49.3. The van der Waals surface area contributed by atoms with Gasteiger partial charge in [-0.15, -0.1) is 0 Å². The van der Waals surface area contributed by atoms with Crippen molar-refractivity contribution in [1.29, 1.82) is 0 Å². The number of hydrogen-bond acceptors (Lipinski definition) is 6. The zero-order valence-corrected chi connectivity index (χ0v) is 20.9. The van der Waals surface area contributed by atoms with E-state index in [9.17, 15) is 19.2 Å². The largest absolute Gasteiger partial charge is 0.481 e. The summed E-state index contributed by atoms with van der Waals surface area (Å²) in [6.45, 7) is 11.9. The maximum absolute atomic E-state index is 11.9. The molecule has 2 saturated heterocycles. The summed E-state index contributed by atoms with van der Waals surface area (Å²) in [5.74, 6) is -2.17. The number of ether oxygens (including phenoxy) is 2. The molecule has 10 nitrogen and oxygen atoms in total. The van der Waals surface area contributed by atoms with Gasteiger partial charge in [0, 0.05) is 25.2 Å². The molecule has 4 bridgehead atoms. The molecule has 2 heterocycles. The van der Waals surface area contributed by atoms with Crippen LogP contribution in [0.5, 0.6) is 0 Å². The maximum atomic E-state index is 11.9. The van der Waals surface area contributed by atoms with Crippen molar-refractivity contribution >= 4 is 24.1 Å². The van der Waals surface area contributed by atoms with Gasteiger partial charge in [-0.2, -0.15) is 0 Å². The Morgan fingerprint density at radius 1 is 0.647 bits per heavy atom. The van der Waals surface area contributed by atoms with Crippen molar-refractivity contribution < 1.29 is 38.9 Å². The zero-order valence-electron chi connectivity index (χ0n) is 20.9. The van der Waals surface area contributed by atoms with Crippen LogP contribution in [0, 0.1) is 23.7 Å². The van der Waals surface area contributed by atoms with E-state index in [-0.39, 0.29) is 36.1 Å². The summed E-state index contributed by atoms with van der Waals surface area (Å²) >= 11 is 0. The zero-order chi connectivity index (χ0) is 25.6. The van der Waals surface area contributed by atoms with Crippen LogP contribution in [0.1, 0.15) is 67.2 Å². The summed E-state index contributed by atoms with van der Waals surface area (Å²) in [5, 5.41) is 18.3. The number of aliphatic carboxylic acids is 2. The molecule has 2 aliphatic heterocycles. The molecule has 10 heteroatoms. The topological polar surface area (TPSA) is 134 Å². The highest BCUT2D eigenvalue weighted by atomic mass is 16.6. The number of piperidine rings is 2. The first-order valence-electron chi connectivity index (χ1n) is 12.0. The molecule has 2 amide bonds. The van der Waals surface area contributed by atoms with E-state index >= 15 is 0 Å². The van der Waals surface area contributed by atoms with Crippen LogP contribution in [0.3, 0.4) is 0 Å². The van der Waals surface area contributed by atoms with Crippen LogP contribution in [0.25, 0.3) is 0 Å². The number of carboxylic acid groups (broad SMARTS) is 2. The molecule has 192 valence electrons. The van der Waals surface area contributed by atoms with Crippen LogP contribution in [0.4, 0.5) is 9.59 Å². The van der Waals surface area contributed by atoms with Crippen LogP contribution in [0.2, 0.25) is 0 Å². The van der Waals surface area contributed by atoms with E-state index in [0.717, 1.165) is 25.7 Å². The number of rotatable bonds is 2. The third-order valence-corrected chi connectivity index (χ3v) is 7.00. The Kier molecular flexibility index (Phi) is 7.11. The predicted molar refractivity (Wildman–Crippen MR) is 121 cm³/mol. The van der Waals surface area contributed by atoms with Gasteiger partial charge in [0.1, 0.15) is 11.2 Å². The predicted octanol–water partition coefficient (Wildman–Crippen LogP) is 3.43. The lowest BCUT2D eigenvalue weighted by molar-refractivity contribution is -0.143. The molecule has 6 atom stereocenters. The quantitative estimate of drug-likeness (QED) is 0.611. The van der Waals surface area contributed by atoms with E-state index in [1.807, 2.05) is 41.5 Å². The number of likely N-dealkylation sites (tertiary alicyclic amines) is 2. The van der Waals surface area contributed by atoms with E-state index in [4.69, 9.17) is 19.7 Å². The third kappa shape index (κ3) is 5.58. The third-order valence-electron chi connectivity index (χ3n) is 7.00. The molecular weight excluding hydrogens is 444 g/mol. The molecule has 4 fully saturated rings. The highest BCUT2D eigenvalue weighted by Crippen LogP contribution is 2.44. The Hall–Kier alpha value is -2.52. The van der Waals surface area contributed by atoms with Crippen LogP contribution < -0.4 is 0 Å². The van der Waals surface area contributed by atoms with Crippen LogP contribution in [-0.2, 0) is 19.1 Å². The molecule has 4 aliphatic rings. The van der Waals surface area contributed by atoms with Gasteiger partial charge < -0.3 is 29.5 Å². The van der Waals surface area contributed by atoms with Crippen molar-refractivity contribution in [3.63, 3.8) is 0 Å². The second kappa shape index (κ2) is 9.26. The van der Waals surface area contributed by atoms with Gasteiger partial charge in [0.25, 0.3) is 0 Å². The first-order valence-corrected chi connectivity index (χ1v) is 12.0. The smallest absolute Gasteiger partial charge is 0.410 e. The number of hydrogen-bond donors (Lipinski definition) is 2. The van der Waals surface area contributed by atoms with Crippen molar-refractivity contribution in [3.05, 3.63) is 0 Å². The number of carboxylic acids is 2. The van der Waals surface area contributed by atoms with E-state index in [1.165, 1.54) is 0 Å². The number of carbonyl (C=O) groups is 4. The molecule has 0 aromatic rings. The molecule has 2 N–H and O–H groups in total. The monoisotopic (exact) mass is 482 g/mol. The number of nitrogens with zero attached hydrogens (tertiary/aromatic N) is 2. The summed E-state index contributed by atoms with van der Waals surface area (Å²) < 4.78 is 10.6. The van der Waals surface area contributed by atoms with E-state index in [1.54, 1.807) is 9.80 Å². The molecule has 0 radical (unpaired) electrons. The molecular formula is C24H38N2O8. The van der Waals surface area contributed by atoms with E-state index in [0.29, 0.717) is 13.1 Å². The number of carbonyl (C=O) groups excluding carboxylic acids is 2. The van der Waals surface area contributed by atoms with Gasteiger partial charge in [-0.3, -0.25) is 9.59 Å². The lowest BCUT2D eigenvalue weighted by atomic mass is 9.99. The first-order chi connectivity index (χ1) is 15.6. The molecule has 0 aromatic carbocycles. The van der Waals surface area contributed by atoms with Crippen LogP contribution in [-0.4, -0.2) is 80.5 Å². The number of fused-ring (bicyclic) bond motifs is 4. The van der Waals surface area contributed by atoms with Gasteiger partial charge >= 0.3 is 24.1 Å². The summed E-state index contributed by atoms with van der Waals surface area (Å²) in [5.41, 5.74) is -1.06. The summed E-state index contributed by atoms with van der Waals surface area (Å²) in [7, 11) is 0. The van der Waals surface area contributed by atoms with Gasteiger partial charge in [0.2, 0.25) is 0 Å². The summed E-state index contributed by atoms with van der Waals surface area (Å²) in [6, 6.07) is -0.348. The fourth-order valence-electron chi connectivity index (χ4n) is 5.79. The van der Waals surface area contributed by atoms with Gasteiger partial charge in [-0.1, -0.05) is 0 Å². The fourth-order valence-corrected chi connectivity index (χ4v) is 5.79. The van der Waals surface area contributed by atoms with Gasteiger partial charge in [-0.25, -0.2) is 9.59 Å². The minimum absolute atomic E-state index is 0.102. The van der Waals surface area contributed by atoms with Crippen molar-refractivity contribution in [3.8, 4) is 0 Å². The highest BCUT2D eigenvalue weighted by molar-refractivity contribution is 5.77. The normalized spacial score (nSPS) is 31.7.